The Morgan fingerprint density at radius 3 is 2.33 bits per heavy atom. The maximum Gasteiger partial charge on any atom is 0.0424 e. The van der Waals surface area contributed by atoms with Gasteiger partial charge in [0.25, 0.3) is 0 Å². The Labute approximate surface area is 120 Å². The summed E-state index contributed by atoms with van der Waals surface area (Å²) in [6.07, 6.45) is 8.43. The summed E-state index contributed by atoms with van der Waals surface area (Å²) in [6.45, 7) is 1.95. The fraction of sp³-hybridized carbons (Fsp3) is 0.600. The lowest BCUT2D eigenvalue weighted by atomic mass is 9.87. The van der Waals surface area contributed by atoms with E-state index in [0.29, 0.717) is 10.0 Å². The molecule has 3 heteroatoms. The van der Waals surface area contributed by atoms with Gasteiger partial charge in [0.1, 0.15) is 0 Å². The molecule has 0 unspecified atom stereocenters. The molecule has 0 bridgehead atoms. The Hall–Kier alpha value is -0.240. The fourth-order valence-corrected chi connectivity index (χ4v) is 3.30. The first-order valence-electron chi connectivity index (χ1n) is 6.90. The molecule has 0 spiro atoms. The average molecular weight is 286 g/mol. The van der Waals surface area contributed by atoms with Gasteiger partial charge in [-0.1, -0.05) is 55.3 Å². The van der Waals surface area contributed by atoms with Crippen molar-refractivity contribution in [2.45, 2.75) is 45.1 Å². The van der Waals surface area contributed by atoms with Gasteiger partial charge in [-0.15, -0.1) is 0 Å². The maximum absolute atomic E-state index is 5.97. The minimum absolute atomic E-state index is 0.714. The van der Waals surface area contributed by atoms with Crippen LogP contribution >= 0.6 is 23.2 Å². The van der Waals surface area contributed by atoms with E-state index in [4.69, 9.17) is 23.2 Å². The van der Waals surface area contributed by atoms with Crippen molar-refractivity contribution < 1.29 is 0 Å². The Morgan fingerprint density at radius 1 is 1.00 bits per heavy atom. The first-order valence-corrected chi connectivity index (χ1v) is 7.65. The molecule has 1 aromatic rings. The third-order valence-corrected chi connectivity index (χ3v) is 4.14. The molecule has 1 fully saturated rings. The first kappa shape index (κ1) is 14.2. The van der Waals surface area contributed by atoms with Gasteiger partial charge >= 0.3 is 0 Å². The molecule has 18 heavy (non-hydrogen) atoms. The second-order valence-electron chi connectivity index (χ2n) is 5.25. The van der Waals surface area contributed by atoms with E-state index in [2.05, 4.69) is 5.32 Å². The third kappa shape index (κ3) is 4.79. The van der Waals surface area contributed by atoms with E-state index < -0.39 is 0 Å². The van der Waals surface area contributed by atoms with E-state index in [-0.39, 0.29) is 0 Å². The van der Waals surface area contributed by atoms with Crippen LogP contribution in [0.25, 0.3) is 0 Å². The van der Waals surface area contributed by atoms with Gasteiger partial charge in [0.05, 0.1) is 0 Å². The summed E-state index contributed by atoms with van der Waals surface area (Å²) in [5, 5.41) is 4.91. The van der Waals surface area contributed by atoms with Crippen molar-refractivity contribution in [3.05, 3.63) is 33.8 Å². The van der Waals surface area contributed by atoms with Crippen LogP contribution in [0.15, 0.2) is 18.2 Å². The minimum Gasteiger partial charge on any atom is -0.313 e. The molecular formula is C15H21Cl2N. The molecule has 100 valence electrons. The van der Waals surface area contributed by atoms with Crippen LogP contribution in [-0.4, -0.2) is 6.54 Å². The van der Waals surface area contributed by atoms with Crippen LogP contribution in [0.2, 0.25) is 10.0 Å². The van der Waals surface area contributed by atoms with E-state index in [1.165, 1.54) is 38.5 Å². The van der Waals surface area contributed by atoms with Gasteiger partial charge in [0.2, 0.25) is 0 Å². The number of benzene rings is 1. The molecule has 1 saturated carbocycles. The lowest BCUT2D eigenvalue weighted by Crippen LogP contribution is -2.19. The van der Waals surface area contributed by atoms with E-state index in [1.54, 1.807) is 6.07 Å². The zero-order chi connectivity index (χ0) is 12.8. The summed E-state index contributed by atoms with van der Waals surface area (Å²) >= 11 is 11.9. The Bertz CT molecular complexity index is 353. The molecule has 0 aliphatic heterocycles. The van der Waals surface area contributed by atoms with Gasteiger partial charge < -0.3 is 5.32 Å². The van der Waals surface area contributed by atoms with Gasteiger partial charge in [0, 0.05) is 16.6 Å². The molecule has 0 atom stereocenters. The minimum atomic E-state index is 0.714. The quantitative estimate of drug-likeness (QED) is 0.746. The van der Waals surface area contributed by atoms with Gasteiger partial charge in [-0.05, 0) is 42.6 Å². The molecule has 0 aromatic heterocycles. The molecule has 0 amide bonds. The summed E-state index contributed by atoms with van der Waals surface area (Å²) in [7, 11) is 0. The highest BCUT2D eigenvalue weighted by molar-refractivity contribution is 6.34. The number of rotatable bonds is 5. The van der Waals surface area contributed by atoms with Gasteiger partial charge in [-0.25, -0.2) is 0 Å². The second-order valence-corrected chi connectivity index (χ2v) is 6.12. The Kier molecular flexibility index (Phi) is 5.81. The maximum atomic E-state index is 5.97. The predicted octanol–water partition coefficient (Wildman–Crippen LogP) is 5.05. The topological polar surface area (TPSA) is 12.0 Å². The number of hydrogen-bond acceptors (Lipinski definition) is 1. The molecule has 0 heterocycles. The van der Waals surface area contributed by atoms with Crippen molar-refractivity contribution in [2.75, 3.05) is 6.54 Å². The number of nitrogens with one attached hydrogen (secondary N) is 1. The van der Waals surface area contributed by atoms with Crippen LogP contribution in [0.4, 0.5) is 0 Å². The van der Waals surface area contributed by atoms with E-state index in [0.717, 1.165) is 24.6 Å². The summed E-state index contributed by atoms with van der Waals surface area (Å²) in [5.74, 6) is 0.939. The van der Waals surface area contributed by atoms with Crippen molar-refractivity contribution in [1.82, 2.24) is 5.32 Å². The summed E-state index contributed by atoms with van der Waals surface area (Å²) in [5.41, 5.74) is 1.16. The van der Waals surface area contributed by atoms with Gasteiger partial charge in [-0.2, -0.15) is 0 Å². The van der Waals surface area contributed by atoms with E-state index in [9.17, 15) is 0 Å². The summed E-state index contributed by atoms with van der Waals surface area (Å²) < 4.78 is 0. The highest BCUT2D eigenvalue weighted by Crippen LogP contribution is 2.25. The zero-order valence-electron chi connectivity index (χ0n) is 10.7. The van der Waals surface area contributed by atoms with Crippen LogP contribution in [0.3, 0.4) is 0 Å². The molecule has 1 aromatic carbocycles. The molecule has 0 saturated heterocycles. The number of halogens is 2. The van der Waals surface area contributed by atoms with Crippen molar-refractivity contribution in [3.8, 4) is 0 Å². The van der Waals surface area contributed by atoms with Gasteiger partial charge in [-0.3, -0.25) is 0 Å². The van der Waals surface area contributed by atoms with E-state index >= 15 is 0 Å². The highest BCUT2D eigenvalue weighted by atomic mass is 35.5. The molecule has 2 rings (SSSR count). The molecule has 1 aliphatic rings. The number of hydrogen-bond donors (Lipinski definition) is 1. The molecule has 1 N–H and O–H groups in total. The first-order chi connectivity index (χ1) is 8.74. The van der Waals surface area contributed by atoms with Crippen LogP contribution in [0.1, 0.15) is 44.1 Å². The van der Waals surface area contributed by atoms with Crippen molar-refractivity contribution in [1.29, 1.82) is 0 Å². The monoisotopic (exact) mass is 285 g/mol. The zero-order valence-corrected chi connectivity index (χ0v) is 12.2. The van der Waals surface area contributed by atoms with E-state index in [1.807, 2.05) is 12.1 Å². The molecule has 1 nitrogen and oxygen atoms in total. The molecule has 1 aliphatic carbocycles. The molecule has 0 radical (unpaired) electrons. The van der Waals surface area contributed by atoms with Crippen molar-refractivity contribution in [3.63, 3.8) is 0 Å². The average Bonchev–Trinajstić information content (AvgIpc) is 2.35. The highest BCUT2D eigenvalue weighted by Gasteiger charge is 2.12. The SMILES string of the molecule is Clc1cc(Cl)cc(CNCCC2CCCCC2)c1. The van der Waals surface area contributed by atoms with Crippen molar-refractivity contribution in [2.24, 2.45) is 5.92 Å². The van der Waals surface area contributed by atoms with Crippen LogP contribution in [-0.2, 0) is 6.54 Å². The second kappa shape index (κ2) is 7.37. The standard InChI is InChI=1S/C15H21Cl2N/c16-14-8-13(9-15(17)10-14)11-18-7-6-12-4-2-1-3-5-12/h8-10,12,18H,1-7,11H2. The third-order valence-electron chi connectivity index (χ3n) is 3.71. The lowest BCUT2D eigenvalue weighted by Gasteiger charge is -2.21. The van der Waals surface area contributed by atoms with Crippen LogP contribution in [0, 0.1) is 5.92 Å². The summed E-state index contributed by atoms with van der Waals surface area (Å²) in [6, 6.07) is 5.72. The predicted molar refractivity (Wildman–Crippen MR) is 79.4 cm³/mol. The summed E-state index contributed by atoms with van der Waals surface area (Å²) in [4.78, 5) is 0. The smallest absolute Gasteiger partial charge is 0.0424 e. The fourth-order valence-electron chi connectivity index (χ4n) is 2.73. The Morgan fingerprint density at radius 2 is 1.67 bits per heavy atom. The van der Waals surface area contributed by atoms with Crippen molar-refractivity contribution >= 4 is 23.2 Å². The van der Waals surface area contributed by atoms with Crippen LogP contribution in [0.5, 0.6) is 0 Å². The largest absolute Gasteiger partial charge is 0.313 e. The van der Waals surface area contributed by atoms with Gasteiger partial charge in [0.15, 0.2) is 0 Å². The Balaban J connectivity index is 1.68. The van der Waals surface area contributed by atoms with Crippen LogP contribution < -0.4 is 5.32 Å². The lowest BCUT2D eigenvalue weighted by molar-refractivity contribution is 0.334. The normalized spacial score (nSPS) is 17.0. The molecular weight excluding hydrogens is 265 g/mol.